The summed E-state index contributed by atoms with van der Waals surface area (Å²) >= 11 is 0. The lowest BCUT2D eigenvalue weighted by molar-refractivity contribution is 0.669. The van der Waals surface area contributed by atoms with Gasteiger partial charge in [-0.2, -0.15) is 5.26 Å². The van der Waals surface area contributed by atoms with Crippen molar-refractivity contribution in [2.24, 2.45) is 0 Å². The van der Waals surface area contributed by atoms with E-state index in [9.17, 15) is 5.26 Å². The quantitative estimate of drug-likeness (QED) is 0.233. The minimum Gasteiger partial charge on any atom is -0.454 e. The highest BCUT2D eigenvalue weighted by Crippen LogP contribution is 2.42. The Hall–Kier alpha value is -5.83. The van der Waals surface area contributed by atoms with Crippen molar-refractivity contribution in [1.29, 1.82) is 5.26 Å². The van der Waals surface area contributed by atoms with Crippen molar-refractivity contribution < 1.29 is 4.42 Å². The molecule has 0 saturated carbocycles. The zero-order valence-corrected chi connectivity index (χ0v) is 20.1. The Balaban J connectivity index is 1.50. The number of fused-ring (bicyclic) bond motifs is 3. The van der Waals surface area contributed by atoms with Crippen LogP contribution in [0.15, 0.2) is 114 Å². The van der Waals surface area contributed by atoms with Gasteiger partial charge in [0.15, 0.2) is 17.0 Å². The smallest absolute Gasteiger partial charge is 0.195 e. The summed E-state index contributed by atoms with van der Waals surface area (Å²) in [5, 5.41) is 11.4. The number of nitriles is 1. The second kappa shape index (κ2) is 9.32. The van der Waals surface area contributed by atoms with Crippen LogP contribution in [0, 0.1) is 24.5 Å². The monoisotopic (exact) mass is 486 g/mol. The molecule has 5 aromatic carbocycles. The molecule has 0 aliphatic rings. The largest absolute Gasteiger partial charge is 0.454 e. The fraction of sp³-hybridized carbons (Fsp3) is 0. The summed E-state index contributed by atoms with van der Waals surface area (Å²) in [6, 6.07) is 37.1. The van der Waals surface area contributed by atoms with Crippen LogP contribution in [0.4, 0.5) is 28.4 Å². The molecular formula is C33H18N4O. The van der Waals surface area contributed by atoms with Gasteiger partial charge in [0.25, 0.3) is 0 Å². The van der Waals surface area contributed by atoms with Crippen molar-refractivity contribution in [1.82, 2.24) is 0 Å². The number of furan rings is 1. The molecule has 0 saturated heterocycles. The summed E-state index contributed by atoms with van der Waals surface area (Å²) in [6.07, 6.45) is 0. The van der Waals surface area contributed by atoms with E-state index in [0.717, 1.165) is 50.1 Å². The molecule has 0 aliphatic carbocycles. The first-order chi connectivity index (χ1) is 18.7. The number of para-hydroxylation sites is 2. The van der Waals surface area contributed by atoms with Crippen molar-refractivity contribution >= 4 is 50.4 Å². The molecule has 6 aromatic rings. The highest BCUT2D eigenvalue weighted by Gasteiger charge is 2.19. The molecule has 5 nitrogen and oxygen atoms in total. The Morgan fingerprint density at radius 3 is 2.03 bits per heavy atom. The van der Waals surface area contributed by atoms with Crippen LogP contribution < -0.4 is 4.90 Å². The molecule has 176 valence electrons. The van der Waals surface area contributed by atoms with Crippen LogP contribution in [0.5, 0.6) is 0 Å². The molecule has 0 aliphatic heterocycles. The molecule has 0 amide bonds. The number of nitrogens with zero attached hydrogens (tertiary/aromatic N) is 4. The average Bonchev–Trinajstić information content (AvgIpc) is 3.37. The summed E-state index contributed by atoms with van der Waals surface area (Å²) in [5.74, 6) is 0. The van der Waals surface area contributed by atoms with Gasteiger partial charge in [0.05, 0.1) is 30.5 Å². The predicted octanol–water partition coefficient (Wildman–Crippen LogP) is 9.70. The first-order valence-corrected chi connectivity index (χ1v) is 11.9. The topological polar surface area (TPSA) is 48.9 Å². The van der Waals surface area contributed by atoms with Crippen LogP contribution in [0.3, 0.4) is 0 Å². The van der Waals surface area contributed by atoms with Gasteiger partial charge in [0, 0.05) is 22.1 Å². The molecule has 0 atom stereocenters. The van der Waals surface area contributed by atoms with Crippen LogP contribution in [-0.4, -0.2) is 0 Å². The van der Waals surface area contributed by atoms with Gasteiger partial charge in [-0.05, 0) is 59.7 Å². The van der Waals surface area contributed by atoms with Gasteiger partial charge in [0.1, 0.15) is 5.58 Å². The zero-order chi connectivity index (χ0) is 26.1. The van der Waals surface area contributed by atoms with Crippen LogP contribution >= 0.6 is 0 Å². The van der Waals surface area contributed by atoms with Crippen molar-refractivity contribution in [2.75, 3.05) is 4.90 Å². The molecule has 0 unspecified atom stereocenters. The Kier molecular flexibility index (Phi) is 5.55. The second-order valence-corrected chi connectivity index (χ2v) is 8.72. The van der Waals surface area contributed by atoms with Gasteiger partial charge in [-0.1, -0.05) is 60.7 Å². The van der Waals surface area contributed by atoms with Crippen LogP contribution in [0.1, 0.15) is 5.56 Å². The zero-order valence-electron chi connectivity index (χ0n) is 20.1. The summed E-state index contributed by atoms with van der Waals surface area (Å²) in [6.45, 7) is 14.7. The summed E-state index contributed by atoms with van der Waals surface area (Å²) in [5.41, 5.74) is 7.38. The van der Waals surface area contributed by atoms with Gasteiger partial charge in [-0.25, -0.2) is 0 Å². The Labute approximate surface area is 219 Å². The van der Waals surface area contributed by atoms with E-state index in [-0.39, 0.29) is 0 Å². The van der Waals surface area contributed by atoms with Crippen LogP contribution in [-0.2, 0) is 0 Å². The minimum atomic E-state index is 0.345. The average molecular weight is 487 g/mol. The van der Waals surface area contributed by atoms with Crippen molar-refractivity contribution in [3.8, 4) is 17.2 Å². The minimum absolute atomic E-state index is 0.345. The van der Waals surface area contributed by atoms with E-state index in [1.165, 1.54) is 0 Å². The highest BCUT2D eigenvalue weighted by molar-refractivity contribution is 6.10. The van der Waals surface area contributed by atoms with E-state index in [2.05, 4.69) is 32.8 Å². The van der Waals surface area contributed by atoms with Gasteiger partial charge >= 0.3 is 0 Å². The molecular weight excluding hydrogens is 468 g/mol. The second-order valence-electron chi connectivity index (χ2n) is 8.72. The van der Waals surface area contributed by atoms with E-state index in [1.54, 1.807) is 24.3 Å². The van der Waals surface area contributed by atoms with E-state index >= 15 is 0 Å². The molecule has 1 aromatic heterocycles. The van der Waals surface area contributed by atoms with E-state index in [1.807, 2.05) is 72.8 Å². The van der Waals surface area contributed by atoms with Crippen LogP contribution in [0.2, 0.25) is 0 Å². The van der Waals surface area contributed by atoms with Crippen LogP contribution in [0.25, 0.3) is 42.8 Å². The summed E-state index contributed by atoms with van der Waals surface area (Å²) < 4.78 is 6.35. The standard InChI is InChI=1S/C33H18N4O/c1-35-29-19-14-24(20-30(29)36-2)23-12-17-26(18-13-23)37(25-15-10-22(21-34)11-16-25)31-8-5-7-28-27-6-3-4-9-32(27)38-33(28)31/h3-20H. The third-order valence-corrected chi connectivity index (χ3v) is 6.55. The Bertz CT molecular complexity index is 1950. The molecule has 0 radical (unpaired) electrons. The Morgan fingerprint density at radius 1 is 0.658 bits per heavy atom. The SMILES string of the molecule is [C-]#[N+]c1ccc(-c2ccc(N(c3ccc(C#N)cc3)c3cccc4c3oc3ccccc34)cc2)cc1[N+]#[C-]. The maximum atomic E-state index is 9.32. The third kappa shape index (κ3) is 3.80. The lowest BCUT2D eigenvalue weighted by atomic mass is 10.0. The molecule has 0 bridgehead atoms. The van der Waals surface area contributed by atoms with Gasteiger partial charge < -0.3 is 9.32 Å². The fourth-order valence-corrected chi connectivity index (χ4v) is 4.71. The Morgan fingerprint density at radius 2 is 1.32 bits per heavy atom. The van der Waals surface area contributed by atoms with E-state index < -0.39 is 0 Å². The predicted molar refractivity (Wildman–Crippen MR) is 151 cm³/mol. The van der Waals surface area contributed by atoms with Gasteiger partial charge in [-0.3, -0.25) is 9.69 Å². The molecule has 1 heterocycles. The summed E-state index contributed by atoms with van der Waals surface area (Å²) in [4.78, 5) is 9.06. The lowest BCUT2D eigenvalue weighted by Crippen LogP contribution is -2.10. The van der Waals surface area contributed by atoms with Crippen molar-refractivity contribution in [3.05, 3.63) is 138 Å². The third-order valence-electron chi connectivity index (χ3n) is 6.55. The molecule has 38 heavy (non-hydrogen) atoms. The number of benzene rings is 5. The number of rotatable bonds is 4. The first kappa shape index (κ1) is 22.6. The fourth-order valence-electron chi connectivity index (χ4n) is 4.71. The molecule has 0 fully saturated rings. The number of hydrogen-bond acceptors (Lipinski definition) is 3. The molecule has 6 rings (SSSR count). The molecule has 0 N–H and O–H groups in total. The molecule has 0 spiro atoms. The molecule has 5 heteroatoms. The van der Waals surface area contributed by atoms with Crippen molar-refractivity contribution in [3.63, 3.8) is 0 Å². The maximum absolute atomic E-state index is 9.32. The van der Waals surface area contributed by atoms with Crippen molar-refractivity contribution in [2.45, 2.75) is 0 Å². The van der Waals surface area contributed by atoms with E-state index in [4.69, 9.17) is 17.6 Å². The van der Waals surface area contributed by atoms with Gasteiger partial charge in [-0.15, -0.1) is 0 Å². The summed E-state index contributed by atoms with van der Waals surface area (Å²) in [7, 11) is 0. The number of hydrogen-bond donors (Lipinski definition) is 0. The lowest BCUT2D eigenvalue weighted by Gasteiger charge is -2.25. The highest BCUT2D eigenvalue weighted by atomic mass is 16.3. The van der Waals surface area contributed by atoms with E-state index in [0.29, 0.717) is 16.9 Å². The number of anilines is 3. The maximum Gasteiger partial charge on any atom is 0.195 e. The normalized spacial score (nSPS) is 10.6. The van der Waals surface area contributed by atoms with Gasteiger partial charge in [0.2, 0.25) is 0 Å². The first-order valence-electron chi connectivity index (χ1n) is 11.9.